The Morgan fingerprint density at radius 1 is 1.07 bits per heavy atom. The first-order valence-corrected chi connectivity index (χ1v) is 11.3. The molecule has 2 unspecified atom stereocenters. The molecule has 4 rings (SSSR count). The van der Waals surface area contributed by atoms with Crippen LogP contribution in [0.3, 0.4) is 0 Å². The number of hydrogen-bond acceptors (Lipinski definition) is 1. The zero-order chi connectivity index (χ0) is 19.6. The Balaban J connectivity index is 0.00000102. The molecular formula is C26H39N. The van der Waals surface area contributed by atoms with Crippen molar-refractivity contribution in [2.75, 3.05) is 13.1 Å². The zero-order valence-corrected chi connectivity index (χ0v) is 18.4. The van der Waals surface area contributed by atoms with E-state index in [1.54, 1.807) is 16.7 Å². The van der Waals surface area contributed by atoms with Gasteiger partial charge < -0.3 is 0 Å². The smallest absolute Gasteiger partial charge is 0.0291 e. The molecule has 2 atom stereocenters. The molecule has 0 N–H and O–H groups in total. The molecule has 0 amide bonds. The largest absolute Gasteiger partial charge is 0.297 e. The van der Waals surface area contributed by atoms with Crippen molar-refractivity contribution in [2.24, 2.45) is 5.92 Å². The predicted molar refractivity (Wildman–Crippen MR) is 118 cm³/mol. The average molecular weight is 366 g/mol. The summed E-state index contributed by atoms with van der Waals surface area (Å²) in [4.78, 5) is 2.76. The lowest BCUT2D eigenvalue weighted by atomic mass is 9.60. The summed E-state index contributed by atoms with van der Waals surface area (Å²) in [6, 6.07) is 7.43. The van der Waals surface area contributed by atoms with Crippen molar-refractivity contribution in [3.8, 4) is 0 Å². The second-order valence-electron chi connectivity index (χ2n) is 8.69. The van der Waals surface area contributed by atoms with Crippen LogP contribution in [0.4, 0.5) is 0 Å². The maximum absolute atomic E-state index is 2.76. The van der Waals surface area contributed by atoms with Crippen LogP contribution in [-0.2, 0) is 5.41 Å². The maximum Gasteiger partial charge on any atom is 0.0291 e. The molecule has 0 radical (unpaired) electrons. The molecule has 0 aromatic heterocycles. The minimum atomic E-state index is 0.231. The van der Waals surface area contributed by atoms with Gasteiger partial charge in [-0.25, -0.2) is 0 Å². The second-order valence-corrected chi connectivity index (χ2v) is 8.69. The molecule has 1 saturated carbocycles. The Morgan fingerprint density at radius 3 is 2.33 bits per heavy atom. The van der Waals surface area contributed by atoms with Crippen LogP contribution in [-0.4, -0.2) is 24.0 Å². The topological polar surface area (TPSA) is 3.24 Å². The number of nitrogens with zero attached hydrogens (tertiary/aromatic N) is 1. The third kappa shape index (κ3) is 3.81. The summed E-state index contributed by atoms with van der Waals surface area (Å²) < 4.78 is 0. The van der Waals surface area contributed by atoms with Crippen molar-refractivity contribution in [1.29, 1.82) is 0 Å². The third-order valence-electron chi connectivity index (χ3n) is 7.01. The molecular weight excluding hydrogens is 326 g/mol. The van der Waals surface area contributed by atoms with E-state index < -0.39 is 0 Å². The first kappa shape index (κ1) is 20.4. The summed E-state index contributed by atoms with van der Waals surface area (Å²) in [6.45, 7) is 16.0. The fourth-order valence-electron chi connectivity index (χ4n) is 5.46. The Kier molecular flexibility index (Phi) is 6.31. The van der Waals surface area contributed by atoms with Gasteiger partial charge in [0.1, 0.15) is 0 Å². The molecule has 3 aliphatic rings. The van der Waals surface area contributed by atoms with Gasteiger partial charge in [-0.05, 0) is 87.6 Å². The van der Waals surface area contributed by atoms with Crippen molar-refractivity contribution < 1.29 is 0 Å². The standard InChI is InChI=1S/C24H33N.C2H6/c1-5-20-11-12-22-19(4)25(16-21-9-10-21)14-13-24(22,15-20)23-17(2)7-6-8-18(23)3;1-2/h6-8,11-12,19,21H,5,9-10,13-16H2,1-4H3;1-2H3. The molecule has 2 aliphatic carbocycles. The van der Waals surface area contributed by atoms with Crippen LogP contribution in [0, 0.1) is 19.8 Å². The summed E-state index contributed by atoms with van der Waals surface area (Å²) in [5.41, 5.74) is 8.10. The number of benzene rings is 1. The van der Waals surface area contributed by atoms with E-state index in [0.29, 0.717) is 6.04 Å². The monoisotopic (exact) mass is 365 g/mol. The highest BCUT2D eigenvalue weighted by molar-refractivity contribution is 5.52. The SMILES string of the molecule is CC.CCC1=CC=C2C(C)N(CC3CC3)CCC2(c2c(C)cccc2C)C1. The zero-order valence-electron chi connectivity index (χ0n) is 18.4. The number of allylic oxidation sites excluding steroid dienone is 3. The quantitative estimate of drug-likeness (QED) is 0.571. The number of aryl methyl sites for hydroxylation is 2. The van der Waals surface area contributed by atoms with E-state index in [2.05, 4.69) is 62.9 Å². The average Bonchev–Trinajstić information content (AvgIpc) is 3.49. The first-order chi connectivity index (χ1) is 13.0. The number of hydrogen-bond donors (Lipinski definition) is 0. The molecule has 1 aromatic carbocycles. The summed E-state index contributed by atoms with van der Waals surface area (Å²) in [5, 5.41) is 0. The minimum absolute atomic E-state index is 0.231. The maximum atomic E-state index is 2.76. The molecule has 0 spiro atoms. The van der Waals surface area contributed by atoms with Crippen molar-refractivity contribution >= 4 is 0 Å². The Morgan fingerprint density at radius 2 is 1.74 bits per heavy atom. The third-order valence-corrected chi connectivity index (χ3v) is 7.01. The molecule has 1 heteroatoms. The Bertz CT molecular complexity index is 701. The molecule has 27 heavy (non-hydrogen) atoms. The molecule has 0 bridgehead atoms. The molecule has 1 nitrogen and oxygen atoms in total. The Hall–Kier alpha value is -1.34. The van der Waals surface area contributed by atoms with E-state index in [1.807, 2.05) is 13.8 Å². The molecule has 1 aliphatic heterocycles. The summed E-state index contributed by atoms with van der Waals surface area (Å²) in [7, 11) is 0. The fourth-order valence-corrected chi connectivity index (χ4v) is 5.46. The Labute approximate surface area is 167 Å². The molecule has 148 valence electrons. The van der Waals surface area contributed by atoms with Crippen LogP contribution >= 0.6 is 0 Å². The summed E-state index contributed by atoms with van der Waals surface area (Å²) in [5.74, 6) is 0.973. The highest BCUT2D eigenvalue weighted by atomic mass is 15.2. The van der Waals surface area contributed by atoms with Crippen LogP contribution in [0.2, 0.25) is 0 Å². The van der Waals surface area contributed by atoms with Gasteiger partial charge in [-0.3, -0.25) is 4.90 Å². The van der Waals surface area contributed by atoms with E-state index in [4.69, 9.17) is 0 Å². The van der Waals surface area contributed by atoms with E-state index in [9.17, 15) is 0 Å². The van der Waals surface area contributed by atoms with Crippen molar-refractivity contribution in [3.05, 3.63) is 58.2 Å². The van der Waals surface area contributed by atoms with Crippen LogP contribution in [0.15, 0.2) is 41.5 Å². The second kappa shape index (κ2) is 8.35. The van der Waals surface area contributed by atoms with Gasteiger partial charge in [0.25, 0.3) is 0 Å². The highest BCUT2D eigenvalue weighted by Gasteiger charge is 2.46. The van der Waals surface area contributed by atoms with Crippen molar-refractivity contribution in [2.45, 2.75) is 85.1 Å². The minimum Gasteiger partial charge on any atom is -0.297 e. The number of piperidine rings is 1. The van der Waals surface area contributed by atoms with E-state index in [-0.39, 0.29) is 5.41 Å². The van der Waals surface area contributed by atoms with Gasteiger partial charge in [0.2, 0.25) is 0 Å². The number of likely N-dealkylation sites (tertiary alicyclic amines) is 1. The van der Waals surface area contributed by atoms with E-state index >= 15 is 0 Å². The molecule has 1 saturated heterocycles. The van der Waals surface area contributed by atoms with Gasteiger partial charge in [-0.1, -0.05) is 56.7 Å². The predicted octanol–water partition coefficient (Wildman–Crippen LogP) is 6.74. The highest BCUT2D eigenvalue weighted by Crippen LogP contribution is 2.51. The summed E-state index contributed by atoms with van der Waals surface area (Å²) in [6.07, 6.45) is 11.5. The molecule has 1 aromatic rings. The number of fused-ring (bicyclic) bond motifs is 1. The fraction of sp³-hybridized carbons (Fsp3) is 0.615. The van der Waals surface area contributed by atoms with Gasteiger partial charge in [0.15, 0.2) is 0 Å². The van der Waals surface area contributed by atoms with Gasteiger partial charge in [-0.2, -0.15) is 0 Å². The lowest BCUT2D eigenvalue weighted by molar-refractivity contribution is 0.150. The number of rotatable bonds is 4. The summed E-state index contributed by atoms with van der Waals surface area (Å²) >= 11 is 0. The van der Waals surface area contributed by atoms with Crippen LogP contribution in [0.5, 0.6) is 0 Å². The molecule has 2 fully saturated rings. The van der Waals surface area contributed by atoms with Crippen LogP contribution in [0.25, 0.3) is 0 Å². The van der Waals surface area contributed by atoms with Crippen molar-refractivity contribution in [1.82, 2.24) is 4.90 Å². The lowest BCUT2D eigenvalue weighted by Gasteiger charge is -2.51. The van der Waals surface area contributed by atoms with Gasteiger partial charge in [0, 0.05) is 18.0 Å². The van der Waals surface area contributed by atoms with E-state index in [0.717, 1.165) is 5.92 Å². The van der Waals surface area contributed by atoms with Crippen LogP contribution < -0.4 is 0 Å². The van der Waals surface area contributed by atoms with Gasteiger partial charge >= 0.3 is 0 Å². The van der Waals surface area contributed by atoms with E-state index in [1.165, 1.54) is 56.3 Å². The first-order valence-electron chi connectivity index (χ1n) is 11.3. The van der Waals surface area contributed by atoms with Crippen molar-refractivity contribution in [3.63, 3.8) is 0 Å². The van der Waals surface area contributed by atoms with Crippen LogP contribution in [0.1, 0.15) is 76.5 Å². The lowest BCUT2D eigenvalue weighted by Crippen LogP contribution is -2.51. The van der Waals surface area contributed by atoms with Gasteiger partial charge in [-0.15, -0.1) is 0 Å². The molecule has 1 heterocycles. The normalized spacial score (nSPS) is 27.9. The van der Waals surface area contributed by atoms with Gasteiger partial charge in [0.05, 0.1) is 0 Å².